The van der Waals surface area contributed by atoms with Gasteiger partial charge < -0.3 is 14.6 Å². The van der Waals surface area contributed by atoms with Crippen LogP contribution in [0.25, 0.3) is 0 Å². The lowest BCUT2D eigenvalue weighted by molar-refractivity contribution is -0.138. The number of rotatable bonds is 2. The second-order valence-electron chi connectivity index (χ2n) is 3.45. The Bertz CT molecular complexity index is 448. The number of phenols is 1. The lowest BCUT2D eigenvalue weighted by Crippen LogP contribution is -2.14. The molecule has 16 heavy (non-hydrogen) atoms. The smallest absolute Gasteiger partial charge is 0.337 e. The predicted octanol–water partition coefficient (Wildman–Crippen LogP) is 1.77. The summed E-state index contributed by atoms with van der Waals surface area (Å²) < 4.78 is 10.2. The number of carbonyl (C=O) groups excluding carboxylic acids is 1. The van der Waals surface area contributed by atoms with Gasteiger partial charge in [0.15, 0.2) is 0 Å². The molecule has 0 unspecified atom stereocenters. The van der Waals surface area contributed by atoms with Crippen molar-refractivity contribution in [1.29, 1.82) is 0 Å². The Labute approximate surface area is 93.1 Å². The molecule has 0 aliphatic carbocycles. The van der Waals surface area contributed by atoms with Crippen molar-refractivity contribution in [2.24, 2.45) is 0 Å². The van der Waals surface area contributed by atoms with Crippen LogP contribution in [0.5, 0.6) is 11.5 Å². The second kappa shape index (κ2) is 4.26. The van der Waals surface area contributed by atoms with Crippen molar-refractivity contribution in [3.63, 3.8) is 0 Å². The largest absolute Gasteiger partial charge is 0.508 e. The highest BCUT2D eigenvalue weighted by Crippen LogP contribution is 2.29. The Morgan fingerprint density at radius 3 is 3.12 bits per heavy atom. The van der Waals surface area contributed by atoms with Gasteiger partial charge in [0.2, 0.25) is 0 Å². The average molecular weight is 220 g/mol. The summed E-state index contributed by atoms with van der Waals surface area (Å²) in [5, 5.41) is 9.33. The van der Waals surface area contributed by atoms with Crippen LogP contribution in [0, 0.1) is 0 Å². The summed E-state index contributed by atoms with van der Waals surface area (Å²) >= 11 is 0. The standard InChI is InChI=1S/C12H12O4/c1-2-15-12(14)9-5-8-6-10(13)3-4-11(8)16-7-9/h3-4,6-7,13H,2,5H2,1H3. The van der Waals surface area contributed by atoms with Crippen LogP contribution in [0.4, 0.5) is 0 Å². The second-order valence-corrected chi connectivity index (χ2v) is 3.45. The highest BCUT2D eigenvalue weighted by molar-refractivity contribution is 5.89. The van der Waals surface area contributed by atoms with Gasteiger partial charge in [-0.15, -0.1) is 0 Å². The normalized spacial score (nSPS) is 13.4. The fourth-order valence-corrected chi connectivity index (χ4v) is 1.54. The molecule has 1 aliphatic rings. The van der Waals surface area contributed by atoms with Crippen LogP contribution in [0.1, 0.15) is 12.5 Å². The van der Waals surface area contributed by atoms with Gasteiger partial charge in [-0.05, 0) is 25.1 Å². The van der Waals surface area contributed by atoms with Crippen molar-refractivity contribution in [2.45, 2.75) is 13.3 Å². The van der Waals surface area contributed by atoms with Crippen LogP contribution in [-0.2, 0) is 16.0 Å². The Morgan fingerprint density at radius 1 is 1.56 bits per heavy atom. The number of hydrogen-bond acceptors (Lipinski definition) is 4. The van der Waals surface area contributed by atoms with Gasteiger partial charge in [-0.3, -0.25) is 0 Å². The monoisotopic (exact) mass is 220 g/mol. The zero-order chi connectivity index (χ0) is 11.5. The highest BCUT2D eigenvalue weighted by Gasteiger charge is 2.19. The molecule has 84 valence electrons. The van der Waals surface area contributed by atoms with Crippen molar-refractivity contribution >= 4 is 5.97 Å². The molecular weight excluding hydrogens is 208 g/mol. The maximum Gasteiger partial charge on any atom is 0.337 e. The number of hydrogen-bond donors (Lipinski definition) is 1. The Balaban J connectivity index is 2.20. The first-order chi connectivity index (χ1) is 7.70. The van der Waals surface area contributed by atoms with Crippen LogP contribution < -0.4 is 4.74 Å². The molecule has 0 saturated carbocycles. The van der Waals surface area contributed by atoms with Crippen LogP contribution in [-0.4, -0.2) is 17.7 Å². The SMILES string of the molecule is CCOC(=O)C1=COc2ccc(O)cc2C1. The van der Waals surface area contributed by atoms with E-state index < -0.39 is 0 Å². The Kier molecular flexibility index (Phi) is 2.81. The van der Waals surface area contributed by atoms with Crippen molar-refractivity contribution in [2.75, 3.05) is 6.61 Å². The van der Waals surface area contributed by atoms with Gasteiger partial charge in [-0.2, -0.15) is 0 Å². The third-order valence-electron chi connectivity index (χ3n) is 2.29. The summed E-state index contributed by atoms with van der Waals surface area (Å²) in [6.45, 7) is 2.09. The number of phenolic OH excluding ortho intramolecular Hbond substituents is 1. The first-order valence-corrected chi connectivity index (χ1v) is 5.05. The van der Waals surface area contributed by atoms with Crippen LogP contribution >= 0.6 is 0 Å². The van der Waals surface area contributed by atoms with Gasteiger partial charge in [0.05, 0.1) is 12.2 Å². The highest BCUT2D eigenvalue weighted by atomic mass is 16.5. The molecule has 1 aromatic carbocycles. The molecule has 4 heteroatoms. The number of benzene rings is 1. The summed E-state index contributed by atoms with van der Waals surface area (Å²) in [6, 6.07) is 4.80. The number of carbonyl (C=O) groups is 1. The van der Waals surface area contributed by atoms with Crippen molar-refractivity contribution in [1.82, 2.24) is 0 Å². The van der Waals surface area contributed by atoms with Crippen molar-refractivity contribution in [3.05, 3.63) is 35.6 Å². The molecule has 0 fully saturated rings. The molecular formula is C12H12O4. The van der Waals surface area contributed by atoms with E-state index in [1.807, 2.05) is 0 Å². The summed E-state index contributed by atoms with van der Waals surface area (Å²) in [7, 11) is 0. The van der Waals surface area contributed by atoms with E-state index in [0.29, 0.717) is 24.4 Å². The fraction of sp³-hybridized carbons (Fsp3) is 0.250. The number of ether oxygens (including phenoxy) is 2. The van der Waals surface area contributed by atoms with Gasteiger partial charge in [-0.1, -0.05) is 0 Å². The summed E-state index contributed by atoms with van der Waals surface area (Å²) in [5.74, 6) is 0.440. The number of esters is 1. The van der Waals surface area contributed by atoms with Crippen LogP contribution in [0.3, 0.4) is 0 Å². The molecule has 1 aromatic rings. The van der Waals surface area contributed by atoms with Crippen LogP contribution in [0.2, 0.25) is 0 Å². The molecule has 1 N–H and O–H groups in total. The average Bonchev–Trinajstić information content (AvgIpc) is 2.28. The van der Waals surface area contributed by atoms with Crippen LogP contribution in [0.15, 0.2) is 30.0 Å². The topological polar surface area (TPSA) is 55.8 Å². The molecule has 1 heterocycles. The Morgan fingerprint density at radius 2 is 2.38 bits per heavy atom. The van der Waals surface area contributed by atoms with E-state index in [4.69, 9.17) is 9.47 Å². The van der Waals surface area contributed by atoms with Gasteiger partial charge >= 0.3 is 5.97 Å². The van der Waals surface area contributed by atoms with E-state index in [9.17, 15) is 9.90 Å². The summed E-state index contributed by atoms with van der Waals surface area (Å²) in [4.78, 5) is 11.5. The molecule has 0 radical (unpaired) electrons. The van der Waals surface area contributed by atoms with E-state index in [2.05, 4.69) is 0 Å². The molecule has 0 bridgehead atoms. The maximum absolute atomic E-state index is 11.5. The third kappa shape index (κ3) is 2.00. The maximum atomic E-state index is 11.5. The third-order valence-corrected chi connectivity index (χ3v) is 2.29. The lowest BCUT2D eigenvalue weighted by Gasteiger charge is -2.16. The molecule has 4 nitrogen and oxygen atoms in total. The predicted molar refractivity (Wildman–Crippen MR) is 57.2 cm³/mol. The molecule has 0 amide bonds. The van der Waals surface area contributed by atoms with E-state index in [1.54, 1.807) is 25.1 Å². The van der Waals surface area contributed by atoms with E-state index in [0.717, 1.165) is 5.56 Å². The van der Waals surface area contributed by atoms with E-state index >= 15 is 0 Å². The molecule has 0 saturated heterocycles. The molecule has 0 aromatic heterocycles. The minimum atomic E-state index is -0.378. The fourth-order valence-electron chi connectivity index (χ4n) is 1.54. The lowest BCUT2D eigenvalue weighted by atomic mass is 10.0. The molecule has 0 atom stereocenters. The van der Waals surface area contributed by atoms with Gasteiger partial charge in [0.25, 0.3) is 0 Å². The minimum Gasteiger partial charge on any atom is -0.508 e. The van der Waals surface area contributed by atoms with Gasteiger partial charge in [0, 0.05) is 12.0 Å². The van der Waals surface area contributed by atoms with E-state index in [1.165, 1.54) is 6.26 Å². The first kappa shape index (κ1) is 10.5. The quantitative estimate of drug-likeness (QED) is 0.772. The zero-order valence-electron chi connectivity index (χ0n) is 8.90. The van der Waals surface area contributed by atoms with Crippen molar-refractivity contribution < 1.29 is 19.4 Å². The Hall–Kier alpha value is -1.97. The van der Waals surface area contributed by atoms with E-state index in [-0.39, 0.29) is 11.7 Å². The number of aromatic hydroxyl groups is 1. The van der Waals surface area contributed by atoms with Gasteiger partial charge in [0.1, 0.15) is 17.8 Å². The van der Waals surface area contributed by atoms with Gasteiger partial charge in [-0.25, -0.2) is 4.79 Å². The zero-order valence-corrected chi connectivity index (χ0v) is 8.90. The van der Waals surface area contributed by atoms with Crippen molar-refractivity contribution in [3.8, 4) is 11.5 Å². The minimum absolute atomic E-state index is 0.160. The number of fused-ring (bicyclic) bond motifs is 1. The molecule has 1 aliphatic heterocycles. The molecule has 0 spiro atoms. The molecule has 2 rings (SSSR count). The summed E-state index contributed by atoms with van der Waals surface area (Å²) in [5.41, 5.74) is 1.24. The summed E-state index contributed by atoms with van der Waals surface area (Å²) in [6.07, 6.45) is 1.82. The first-order valence-electron chi connectivity index (χ1n) is 5.05.